The van der Waals surface area contributed by atoms with Crippen LogP contribution in [0.5, 0.6) is 0 Å². The van der Waals surface area contributed by atoms with Gasteiger partial charge in [0.25, 0.3) is 0 Å². The number of ether oxygens (including phenoxy) is 1. The van der Waals surface area contributed by atoms with Crippen LogP contribution in [0.2, 0.25) is 0 Å². The van der Waals surface area contributed by atoms with E-state index in [0.717, 1.165) is 29.4 Å². The molecule has 2 aromatic heterocycles. The Morgan fingerprint density at radius 3 is 2.82 bits per heavy atom. The van der Waals surface area contributed by atoms with Gasteiger partial charge in [-0.25, -0.2) is 9.78 Å². The van der Waals surface area contributed by atoms with Crippen LogP contribution < -0.4 is 0 Å². The maximum absolute atomic E-state index is 12.6. The number of rotatable bonds is 3. The topological polar surface area (TPSA) is 58.2 Å². The molecule has 3 rings (SSSR count). The molecule has 22 heavy (non-hydrogen) atoms. The van der Waals surface area contributed by atoms with Gasteiger partial charge in [0.1, 0.15) is 11.2 Å². The number of nitrogens with one attached hydrogen (secondary N) is 1. The quantitative estimate of drug-likeness (QED) is 0.931. The van der Waals surface area contributed by atoms with Crippen molar-refractivity contribution in [3.8, 4) is 0 Å². The van der Waals surface area contributed by atoms with Gasteiger partial charge in [0.15, 0.2) is 0 Å². The molecule has 1 unspecified atom stereocenters. The summed E-state index contributed by atoms with van der Waals surface area (Å²) < 4.78 is 5.59. The van der Waals surface area contributed by atoms with E-state index in [1.54, 1.807) is 6.20 Å². The Labute approximate surface area is 130 Å². The number of hydrogen-bond donors (Lipinski definition) is 1. The van der Waals surface area contributed by atoms with Gasteiger partial charge in [-0.15, -0.1) is 0 Å². The molecule has 0 radical (unpaired) electrons. The molecule has 0 aromatic carbocycles. The van der Waals surface area contributed by atoms with E-state index in [0.29, 0.717) is 0 Å². The number of fused-ring (bicyclic) bond motifs is 1. The first-order valence-electron chi connectivity index (χ1n) is 7.80. The fourth-order valence-corrected chi connectivity index (χ4v) is 2.76. The lowest BCUT2D eigenvalue weighted by Gasteiger charge is -2.31. The first-order valence-corrected chi connectivity index (χ1v) is 7.80. The third-order valence-corrected chi connectivity index (χ3v) is 3.90. The molecular weight excluding hydrogens is 278 g/mol. The van der Waals surface area contributed by atoms with E-state index in [4.69, 9.17) is 4.74 Å². The Hall–Kier alpha value is -2.04. The number of H-pyrrole nitrogens is 1. The predicted octanol–water partition coefficient (Wildman–Crippen LogP) is 4.02. The van der Waals surface area contributed by atoms with Crippen LogP contribution in [0.1, 0.15) is 52.1 Å². The Morgan fingerprint density at radius 1 is 1.45 bits per heavy atom. The van der Waals surface area contributed by atoms with Gasteiger partial charge in [-0.3, -0.25) is 4.90 Å². The number of carbonyl (C=O) groups excluding carboxylic acids is 1. The Bertz CT molecular complexity index is 683. The zero-order valence-corrected chi connectivity index (χ0v) is 13.6. The minimum atomic E-state index is -0.480. The molecule has 0 bridgehead atoms. The minimum Gasteiger partial charge on any atom is -0.444 e. The first kappa shape index (κ1) is 14.9. The normalized spacial score (nSPS) is 16.5. The molecule has 2 heterocycles. The van der Waals surface area contributed by atoms with Gasteiger partial charge in [-0.2, -0.15) is 0 Å². The van der Waals surface area contributed by atoms with Gasteiger partial charge in [0.2, 0.25) is 0 Å². The van der Waals surface area contributed by atoms with E-state index in [-0.39, 0.29) is 18.2 Å². The zero-order chi connectivity index (χ0) is 15.9. The van der Waals surface area contributed by atoms with Crippen molar-refractivity contribution in [2.24, 2.45) is 0 Å². The summed E-state index contributed by atoms with van der Waals surface area (Å²) in [6.07, 6.45) is 5.57. The van der Waals surface area contributed by atoms with Gasteiger partial charge < -0.3 is 9.72 Å². The van der Waals surface area contributed by atoms with E-state index in [9.17, 15) is 4.79 Å². The minimum absolute atomic E-state index is 0.0414. The van der Waals surface area contributed by atoms with E-state index in [1.807, 2.05) is 44.0 Å². The summed E-state index contributed by atoms with van der Waals surface area (Å²) in [5, 5.41) is 1.06. The van der Waals surface area contributed by atoms with Crippen molar-refractivity contribution in [1.82, 2.24) is 14.9 Å². The van der Waals surface area contributed by atoms with Crippen molar-refractivity contribution in [3.05, 3.63) is 30.1 Å². The van der Waals surface area contributed by atoms with Crippen molar-refractivity contribution >= 4 is 17.1 Å². The van der Waals surface area contributed by atoms with Crippen molar-refractivity contribution in [2.45, 2.75) is 58.2 Å². The number of aromatic amines is 1. The van der Waals surface area contributed by atoms with Crippen LogP contribution in [0, 0.1) is 0 Å². The molecule has 2 aromatic rings. The summed E-state index contributed by atoms with van der Waals surface area (Å²) in [5.41, 5.74) is 1.45. The fraction of sp³-hybridized carbons (Fsp3) is 0.529. The van der Waals surface area contributed by atoms with Gasteiger partial charge in [0.05, 0.1) is 6.04 Å². The van der Waals surface area contributed by atoms with Gasteiger partial charge in [-0.1, -0.05) is 0 Å². The summed E-state index contributed by atoms with van der Waals surface area (Å²) >= 11 is 0. The van der Waals surface area contributed by atoms with Gasteiger partial charge in [0, 0.05) is 29.4 Å². The molecule has 1 amide bonds. The highest BCUT2D eigenvalue weighted by atomic mass is 16.6. The highest BCUT2D eigenvalue weighted by Crippen LogP contribution is 2.37. The molecule has 1 atom stereocenters. The zero-order valence-electron chi connectivity index (χ0n) is 13.6. The van der Waals surface area contributed by atoms with E-state index < -0.39 is 5.60 Å². The lowest BCUT2D eigenvalue weighted by atomic mass is 10.1. The highest BCUT2D eigenvalue weighted by molar-refractivity contribution is 5.81. The maximum atomic E-state index is 12.6. The number of carbonyl (C=O) groups is 1. The SMILES string of the molecule is CC(c1c[nH]c2ncccc12)N(C(=O)OC(C)(C)C)C1CC1. The second kappa shape index (κ2) is 5.30. The van der Waals surface area contributed by atoms with Crippen LogP contribution in [0.4, 0.5) is 4.79 Å². The first-order chi connectivity index (χ1) is 10.4. The van der Waals surface area contributed by atoms with Gasteiger partial charge in [-0.05, 0) is 52.7 Å². The molecular formula is C17H23N3O2. The van der Waals surface area contributed by atoms with Crippen LogP contribution >= 0.6 is 0 Å². The smallest absolute Gasteiger partial charge is 0.411 e. The number of aromatic nitrogens is 2. The monoisotopic (exact) mass is 301 g/mol. The number of amides is 1. The molecule has 0 saturated heterocycles. The number of pyridine rings is 1. The molecule has 1 N–H and O–H groups in total. The van der Waals surface area contributed by atoms with E-state index >= 15 is 0 Å². The van der Waals surface area contributed by atoms with E-state index in [1.165, 1.54) is 0 Å². The summed E-state index contributed by atoms with van der Waals surface area (Å²) in [6, 6.07) is 4.19. The van der Waals surface area contributed by atoms with Crippen molar-refractivity contribution < 1.29 is 9.53 Å². The highest BCUT2D eigenvalue weighted by Gasteiger charge is 2.39. The summed E-state index contributed by atoms with van der Waals surface area (Å²) in [6.45, 7) is 7.75. The Kier molecular flexibility index (Phi) is 3.59. The third-order valence-electron chi connectivity index (χ3n) is 3.90. The molecule has 5 heteroatoms. The standard InChI is InChI=1S/C17H23N3O2/c1-11(14-10-19-15-13(14)6-5-9-18-15)20(12-7-8-12)16(21)22-17(2,3)4/h5-6,9-12H,7-8H2,1-4H3,(H,18,19). The predicted molar refractivity (Wildman–Crippen MR) is 85.6 cm³/mol. The van der Waals surface area contributed by atoms with Crippen molar-refractivity contribution in [3.63, 3.8) is 0 Å². The Balaban J connectivity index is 1.90. The lowest BCUT2D eigenvalue weighted by molar-refractivity contribution is 0.0155. The molecule has 1 aliphatic carbocycles. The van der Waals surface area contributed by atoms with Crippen LogP contribution in [0.15, 0.2) is 24.5 Å². The molecule has 118 valence electrons. The molecule has 1 fully saturated rings. The van der Waals surface area contributed by atoms with Crippen molar-refractivity contribution in [1.29, 1.82) is 0 Å². The van der Waals surface area contributed by atoms with E-state index in [2.05, 4.69) is 16.9 Å². The third kappa shape index (κ3) is 2.93. The summed E-state index contributed by atoms with van der Waals surface area (Å²) in [7, 11) is 0. The molecule has 0 aliphatic heterocycles. The van der Waals surface area contributed by atoms with Crippen LogP contribution in [0.25, 0.3) is 11.0 Å². The molecule has 0 spiro atoms. The second-order valence-corrected chi connectivity index (χ2v) is 6.94. The second-order valence-electron chi connectivity index (χ2n) is 6.94. The fourth-order valence-electron chi connectivity index (χ4n) is 2.76. The largest absolute Gasteiger partial charge is 0.444 e. The summed E-state index contributed by atoms with van der Waals surface area (Å²) in [5.74, 6) is 0. The molecule has 5 nitrogen and oxygen atoms in total. The maximum Gasteiger partial charge on any atom is 0.411 e. The van der Waals surface area contributed by atoms with Crippen LogP contribution in [-0.4, -0.2) is 32.6 Å². The van der Waals surface area contributed by atoms with Crippen LogP contribution in [-0.2, 0) is 4.74 Å². The van der Waals surface area contributed by atoms with Crippen molar-refractivity contribution in [2.75, 3.05) is 0 Å². The average Bonchev–Trinajstić information content (AvgIpc) is 3.15. The average molecular weight is 301 g/mol. The summed E-state index contributed by atoms with van der Waals surface area (Å²) in [4.78, 5) is 22.0. The van der Waals surface area contributed by atoms with Crippen LogP contribution in [0.3, 0.4) is 0 Å². The Morgan fingerprint density at radius 2 is 2.18 bits per heavy atom. The molecule has 1 saturated carbocycles. The lowest BCUT2D eigenvalue weighted by Crippen LogP contribution is -2.39. The van der Waals surface area contributed by atoms with Gasteiger partial charge >= 0.3 is 6.09 Å². The molecule has 1 aliphatic rings. The number of hydrogen-bond acceptors (Lipinski definition) is 3. The number of nitrogens with zero attached hydrogens (tertiary/aromatic N) is 2.